The molecule has 0 amide bonds. The number of hydrogen-bond donors (Lipinski definition) is 2. The molecular formula is C19H40O2. The summed E-state index contributed by atoms with van der Waals surface area (Å²) in [5.74, 6) is 0.334. The van der Waals surface area contributed by atoms with Crippen molar-refractivity contribution in [2.75, 3.05) is 6.61 Å². The topological polar surface area (TPSA) is 40.5 Å². The molecule has 0 aromatic carbocycles. The van der Waals surface area contributed by atoms with Crippen molar-refractivity contribution in [1.82, 2.24) is 0 Å². The fraction of sp³-hybridized carbons (Fsp3) is 1.00. The van der Waals surface area contributed by atoms with Crippen LogP contribution in [-0.4, -0.2) is 22.9 Å². The predicted octanol–water partition coefficient (Wildman–Crippen LogP) is 5.46. The molecule has 0 spiro atoms. The van der Waals surface area contributed by atoms with Gasteiger partial charge >= 0.3 is 0 Å². The van der Waals surface area contributed by atoms with Gasteiger partial charge in [-0.2, -0.15) is 0 Å². The van der Waals surface area contributed by atoms with E-state index >= 15 is 0 Å². The summed E-state index contributed by atoms with van der Waals surface area (Å²) in [6.45, 7) is 4.47. The van der Waals surface area contributed by atoms with E-state index in [2.05, 4.69) is 13.8 Å². The molecule has 0 aromatic heterocycles. The van der Waals surface area contributed by atoms with Crippen molar-refractivity contribution in [3.05, 3.63) is 0 Å². The maximum atomic E-state index is 9.73. The first-order chi connectivity index (χ1) is 10.2. The summed E-state index contributed by atoms with van der Waals surface area (Å²) in [5.41, 5.74) is 0. The molecule has 0 rings (SSSR count). The Bertz CT molecular complexity index is 194. The van der Waals surface area contributed by atoms with Gasteiger partial charge in [0.15, 0.2) is 0 Å². The summed E-state index contributed by atoms with van der Waals surface area (Å²) in [4.78, 5) is 0. The van der Waals surface area contributed by atoms with E-state index in [1.807, 2.05) is 0 Å². The minimum atomic E-state index is -0.317. The van der Waals surface area contributed by atoms with Gasteiger partial charge in [0.25, 0.3) is 0 Å². The van der Waals surface area contributed by atoms with Gasteiger partial charge in [-0.1, -0.05) is 90.9 Å². The van der Waals surface area contributed by atoms with Gasteiger partial charge in [0.2, 0.25) is 0 Å². The van der Waals surface area contributed by atoms with Gasteiger partial charge in [-0.15, -0.1) is 0 Å². The summed E-state index contributed by atoms with van der Waals surface area (Å²) >= 11 is 0. The lowest BCUT2D eigenvalue weighted by Crippen LogP contribution is -2.18. The third-order valence-electron chi connectivity index (χ3n) is 4.59. The molecule has 2 unspecified atom stereocenters. The van der Waals surface area contributed by atoms with Crippen LogP contribution >= 0.6 is 0 Å². The van der Waals surface area contributed by atoms with Crippen LogP contribution in [-0.2, 0) is 0 Å². The van der Waals surface area contributed by atoms with E-state index in [0.29, 0.717) is 12.3 Å². The van der Waals surface area contributed by atoms with Gasteiger partial charge in [-0.3, -0.25) is 0 Å². The fourth-order valence-corrected chi connectivity index (χ4v) is 2.92. The highest BCUT2D eigenvalue weighted by atomic mass is 16.3. The van der Waals surface area contributed by atoms with Crippen LogP contribution in [0.25, 0.3) is 0 Å². The van der Waals surface area contributed by atoms with Crippen molar-refractivity contribution < 1.29 is 10.2 Å². The molecule has 128 valence electrons. The van der Waals surface area contributed by atoms with Gasteiger partial charge in [-0.05, 0) is 18.8 Å². The Morgan fingerprint density at radius 3 is 1.52 bits per heavy atom. The fourth-order valence-electron chi connectivity index (χ4n) is 2.92. The van der Waals surface area contributed by atoms with Crippen LogP contribution in [0.1, 0.15) is 104 Å². The zero-order valence-electron chi connectivity index (χ0n) is 14.7. The molecule has 0 fully saturated rings. The van der Waals surface area contributed by atoms with E-state index in [1.165, 1.54) is 77.0 Å². The maximum Gasteiger partial charge on any atom is 0.0587 e. The second-order valence-corrected chi connectivity index (χ2v) is 6.73. The monoisotopic (exact) mass is 300 g/mol. The van der Waals surface area contributed by atoms with Crippen LogP contribution in [0.2, 0.25) is 0 Å². The molecule has 0 aliphatic rings. The molecular weight excluding hydrogens is 260 g/mol. The number of aliphatic hydroxyl groups excluding tert-OH is 2. The van der Waals surface area contributed by atoms with E-state index < -0.39 is 0 Å². The van der Waals surface area contributed by atoms with Crippen molar-refractivity contribution in [1.29, 1.82) is 0 Å². The highest BCUT2D eigenvalue weighted by Gasteiger charge is 2.12. The second kappa shape index (κ2) is 16.3. The molecule has 0 aromatic rings. The molecule has 0 aliphatic heterocycles. The Hall–Kier alpha value is -0.0800. The highest BCUT2D eigenvalue weighted by molar-refractivity contribution is 4.64. The molecule has 0 aliphatic carbocycles. The lowest BCUT2D eigenvalue weighted by atomic mass is 9.95. The summed E-state index contributed by atoms with van der Waals surface area (Å²) < 4.78 is 0. The summed E-state index contributed by atoms with van der Waals surface area (Å²) in [5, 5.41) is 18.5. The molecule has 0 radical (unpaired) electrons. The number of rotatable bonds is 16. The molecule has 0 saturated heterocycles. The zero-order chi connectivity index (χ0) is 15.8. The molecule has 0 heterocycles. The van der Waals surface area contributed by atoms with E-state index in [9.17, 15) is 5.11 Å². The van der Waals surface area contributed by atoms with Crippen LogP contribution in [0.3, 0.4) is 0 Å². The highest BCUT2D eigenvalue weighted by Crippen LogP contribution is 2.17. The minimum absolute atomic E-state index is 0.101. The summed E-state index contributed by atoms with van der Waals surface area (Å²) in [6.07, 6.45) is 17.8. The molecule has 2 atom stereocenters. The largest absolute Gasteiger partial charge is 0.396 e. The molecule has 2 N–H and O–H groups in total. The van der Waals surface area contributed by atoms with Crippen molar-refractivity contribution in [3.63, 3.8) is 0 Å². The van der Waals surface area contributed by atoms with Gasteiger partial charge in [0, 0.05) is 6.61 Å². The standard InChI is InChI=1S/C19H40O2/c1-3-4-5-6-7-8-9-10-11-12-13-14-15-18(2)19(21)16-17-20/h18-21H,3-17H2,1-2H3. The second-order valence-electron chi connectivity index (χ2n) is 6.73. The molecule has 21 heavy (non-hydrogen) atoms. The summed E-state index contributed by atoms with van der Waals surface area (Å²) in [6, 6.07) is 0. The molecule has 0 saturated carbocycles. The normalized spacial score (nSPS) is 14.3. The van der Waals surface area contributed by atoms with Gasteiger partial charge < -0.3 is 10.2 Å². The lowest BCUT2D eigenvalue weighted by Gasteiger charge is -2.17. The molecule has 2 heteroatoms. The van der Waals surface area contributed by atoms with E-state index in [4.69, 9.17) is 5.11 Å². The average molecular weight is 301 g/mol. The SMILES string of the molecule is CCCCCCCCCCCCCCC(C)C(O)CCO. The van der Waals surface area contributed by atoms with Gasteiger partial charge in [0.1, 0.15) is 0 Å². The van der Waals surface area contributed by atoms with Crippen molar-refractivity contribution in [3.8, 4) is 0 Å². The van der Waals surface area contributed by atoms with Crippen molar-refractivity contribution >= 4 is 0 Å². The lowest BCUT2D eigenvalue weighted by molar-refractivity contribution is 0.0810. The van der Waals surface area contributed by atoms with Crippen molar-refractivity contribution in [2.45, 2.75) is 110 Å². The third kappa shape index (κ3) is 14.6. The Balaban J connectivity index is 3.15. The maximum absolute atomic E-state index is 9.73. The first-order valence-electron chi connectivity index (χ1n) is 9.51. The first-order valence-corrected chi connectivity index (χ1v) is 9.51. The van der Waals surface area contributed by atoms with Crippen LogP contribution < -0.4 is 0 Å². The number of hydrogen-bond acceptors (Lipinski definition) is 2. The van der Waals surface area contributed by atoms with Crippen molar-refractivity contribution in [2.24, 2.45) is 5.92 Å². The quantitative estimate of drug-likeness (QED) is 0.372. The predicted molar refractivity (Wildman–Crippen MR) is 92.6 cm³/mol. The van der Waals surface area contributed by atoms with Gasteiger partial charge in [0.05, 0.1) is 6.10 Å². The Morgan fingerprint density at radius 1 is 0.667 bits per heavy atom. The minimum Gasteiger partial charge on any atom is -0.396 e. The zero-order valence-corrected chi connectivity index (χ0v) is 14.7. The third-order valence-corrected chi connectivity index (χ3v) is 4.59. The number of unbranched alkanes of at least 4 members (excludes halogenated alkanes) is 11. The Morgan fingerprint density at radius 2 is 1.10 bits per heavy atom. The Kier molecular flexibility index (Phi) is 16.2. The smallest absolute Gasteiger partial charge is 0.0587 e. The molecule has 0 bridgehead atoms. The Labute approximate surface area is 133 Å². The van der Waals surface area contributed by atoms with E-state index in [-0.39, 0.29) is 12.7 Å². The van der Waals surface area contributed by atoms with Crippen LogP contribution in [0.5, 0.6) is 0 Å². The van der Waals surface area contributed by atoms with Gasteiger partial charge in [-0.25, -0.2) is 0 Å². The average Bonchev–Trinajstić information content (AvgIpc) is 2.48. The van der Waals surface area contributed by atoms with E-state index in [1.54, 1.807) is 0 Å². The number of aliphatic hydroxyl groups is 2. The van der Waals surface area contributed by atoms with Crippen LogP contribution in [0.4, 0.5) is 0 Å². The summed E-state index contributed by atoms with van der Waals surface area (Å²) in [7, 11) is 0. The van der Waals surface area contributed by atoms with Crippen LogP contribution in [0.15, 0.2) is 0 Å². The first kappa shape index (κ1) is 20.9. The van der Waals surface area contributed by atoms with E-state index in [0.717, 1.165) is 6.42 Å². The molecule has 2 nitrogen and oxygen atoms in total. The van der Waals surface area contributed by atoms with Crippen LogP contribution in [0, 0.1) is 5.92 Å².